The van der Waals surface area contributed by atoms with E-state index in [1.165, 1.54) is 6.92 Å². The number of hydrogen-bond acceptors (Lipinski definition) is 7. The van der Waals surface area contributed by atoms with Crippen LogP contribution in [0.1, 0.15) is 46.5 Å². The van der Waals surface area contributed by atoms with Gasteiger partial charge in [-0.2, -0.15) is 0 Å². The van der Waals surface area contributed by atoms with E-state index in [1.807, 2.05) is 13.8 Å². The van der Waals surface area contributed by atoms with Gasteiger partial charge in [-0.05, 0) is 32.1 Å². The number of amides is 3. The standard InChI is InChI=1S/C19H35N7O7/c1-9(2)7-12(25-15(29)10(3)20)17(31)24-11(5-4-6-23-19(21)22)16(30)26-13(18(32)33)8-14(27)28/h9-13H,4-8,20H2,1-3H3,(H,24,31)(H,25,29)(H,26,30)(H,27,28)(H,32,33)(H4,21,22,23). The van der Waals surface area contributed by atoms with E-state index < -0.39 is 60.2 Å². The molecule has 0 aliphatic heterocycles. The molecule has 0 bridgehead atoms. The Morgan fingerprint density at radius 2 is 1.36 bits per heavy atom. The lowest BCUT2D eigenvalue weighted by Crippen LogP contribution is -2.57. The molecule has 0 aliphatic carbocycles. The lowest BCUT2D eigenvalue weighted by molar-refractivity contribution is -0.147. The lowest BCUT2D eigenvalue weighted by atomic mass is 10.0. The molecule has 0 fully saturated rings. The molecule has 11 N–H and O–H groups in total. The number of aliphatic imine (C=N–C) groups is 1. The van der Waals surface area contributed by atoms with Gasteiger partial charge in [-0.3, -0.25) is 24.2 Å². The molecule has 3 amide bonds. The first-order valence-electron chi connectivity index (χ1n) is 10.4. The molecule has 14 nitrogen and oxygen atoms in total. The average Bonchev–Trinajstić information content (AvgIpc) is 2.67. The number of nitrogens with one attached hydrogen (secondary N) is 3. The molecule has 0 saturated heterocycles. The van der Waals surface area contributed by atoms with Crippen molar-refractivity contribution in [2.24, 2.45) is 28.1 Å². The van der Waals surface area contributed by atoms with Gasteiger partial charge < -0.3 is 43.4 Å². The fraction of sp³-hybridized carbons (Fsp3) is 0.684. The maximum Gasteiger partial charge on any atom is 0.326 e. The van der Waals surface area contributed by atoms with Crippen molar-refractivity contribution in [3.05, 3.63) is 0 Å². The van der Waals surface area contributed by atoms with Crippen LogP contribution in [0.3, 0.4) is 0 Å². The van der Waals surface area contributed by atoms with Crippen molar-refractivity contribution in [3.8, 4) is 0 Å². The van der Waals surface area contributed by atoms with Gasteiger partial charge in [0.05, 0.1) is 12.5 Å². The number of carboxylic acids is 2. The minimum atomic E-state index is -1.70. The summed E-state index contributed by atoms with van der Waals surface area (Å²) in [6.07, 6.45) is -0.336. The van der Waals surface area contributed by atoms with Crippen molar-refractivity contribution >= 4 is 35.6 Å². The van der Waals surface area contributed by atoms with E-state index in [0.717, 1.165) is 0 Å². The summed E-state index contributed by atoms with van der Waals surface area (Å²) in [6.45, 7) is 5.26. The normalized spacial score (nSPS) is 14.3. The Labute approximate surface area is 191 Å². The van der Waals surface area contributed by atoms with Gasteiger partial charge in [0, 0.05) is 6.54 Å². The van der Waals surface area contributed by atoms with Gasteiger partial charge in [0.25, 0.3) is 0 Å². The Kier molecular flexibility index (Phi) is 13.1. The molecule has 0 spiro atoms. The fourth-order valence-electron chi connectivity index (χ4n) is 2.70. The topological polar surface area (TPSA) is 252 Å². The van der Waals surface area contributed by atoms with Crippen LogP contribution in [0.15, 0.2) is 4.99 Å². The first-order chi connectivity index (χ1) is 15.2. The summed E-state index contributed by atoms with van der Waals surface area (Å²) in [5.74, 6) is -5.26. The highest BCUT2D eigenvalue weighted by molar-refractivity contribution is 5.94. The smallest absolute Gasteiger partial charge is 0.326 e. The van der Waals surface area contributed by atoms with Crippen molar-refractivity contribution < 1.29 is 34.2 Å². The number of hydrogen-bond donors (Lipinski definition) is 8. The first kappa shape index (κ1) is 29.6. The van der Waals surface area contributed by atoms with Crippen LogP contribution in [0.2, 0.25) is 0 Å². The molecule has 0 saturated carbocycles. The zero-order valence-corrected chi connectivity index (χ0v) is 19.0. The van der Waals surface area contributed by atoms with E-state index in [0.29, 0.717) is 0 Å². The third kappa shape index (κ3) is 12.9. The zero-order chi connectivity index (χ0) is 25.7. The second kappa shape index (κ2) is 14.6. The molecule has 14 heteroatoms. The van der Waals surface area contributed by atoms with Gasteiger partial charge in [-0.1, -0.05) is 13.8 Å². The molecule has 0 radical (unpaired) electrons. The number of carbonyl (C=O) groups excluding carboxylic acids is 3. The Morgan fingerprint density at radius 1 is 0.848 bits per heavy atom. The molecule has 4 unspecified atom stereocenters. The highest BCUT2D eigenvalue weighted by Gasteiger charge is 2.30. The van der Waals surface area contributed by atoms with Crippen molar-refractivity contribution in [3.63, 3.8) is 0 Å². The van der Waals surface area contributed by atoms with Crippen LogP contribution in [-0.2, 0) is 24.0 Å². The maximum absolute atomic E-state index is 12.9. The third-order valence-corrected chi connectivity index (χ3v) is 4.33. The number of guanidine groups is 1. The summed E-state index contributed by atoms with van der Waals surface area (Å²) in [4.78, 5) is 63.5. The van der Waals surface area contributed by atoms with Crippen molar-refractivity contribution in [1.82, 2.24) is 16.0 Å². The number of nitrogens with zero attached hydrogens (tertiary/aromatic N) is 1. The molecule has 0 heterocycles. The quantitative estimate of drug-likeness (QED) is 0.0701. The number of nitrogens with two attached hydrogens (primary N) is 3. The van der Waals surface area contributed by atoms with E-state index in [9.17, 15) is 29.1 Å². The number of carbonyl (C=O) groups is 5. The molecule has 0 aromatic rings. The first-order valence-corrected chi connectivity index (χ1v) is 10.4. The molecule has 0 rings (SSSR count). The van der Waals surface area contributed by atoms with Crippen molar-refractivity contribution in [1.29, 1.82) is 0 Å². The summed E-state index contributed by atoms with van der Waals surface area (Å²) < 4.78 is 0. The molecular weight excluding hydrogens is 438 g/mol. The number of carboxylic acid groups (broad SMARTS) is 2. The molecule has 4 atom stereocenters. The van der Waals surface area contributed by atoms with Gasteiger partial charge in [0.1, 0.15) is 18.1 Å². The van der Waals surface area contributed by atoms with Gasteiger partial charge in [-0.15, -0.1) is 0 Å². The van der Waals surface area contributed by atoms with Crippen LogP contribution in [0.25, 0.3) is 0 Å². The van der Waals surface area contributed by atoms with Gasteiger partial charge in [0.2, 0.25) is 17.7 Å². The van der Waals surface area contributed by atoms with Crippen LogP contribution >= 0.6 is 0 Å². The van der Waals surface area contributed by atoms with Crippen LogP contribution in [0.5, 0.6) is 0 Å². The largest absolute Gasteiger partial charge is 0.481 e. The minimum Gasteiger partial charge on any atom is -0.481 e. The van der Waals surface area contributed by atoms with E-state index >= 15 is 0 Å². The Hall–Kier alpha value is -3.42. The predicted molar refractivity (Wildman–Crippen MR) is 119 cm³/mol. The highest BCUT2D eigenvalue weighted by Crippen LogP contribution is 2.08. The van der Waals surface area contributed by atoms with Crippen molar-refractivity contribution in [2.75, 3.05) is 6.54 Å². The Bertz CT molecular complexity index is 736. The lowest BCUT2D eigenvalue weighted by Gasteiger charge is -2.25. The Balaban J connectivity index is 5.57. The van der Waals surface area contributed by atoms with E-state index in [-0.39, 0.29) is 37.7 Å². The average molecular weight is 474 g/mol. The highest BCUT2D eigenvalue weighted by atomic mass is 16.4. The van der Waals surface area contributed by atoms with Crippen LogP contribution in [0.4, 0.5) is 0 Å². The molecule has 0 aromatic heterocycles. The summed E-state index contributed by atoms with van der Waals surface area (Å²) >= 11 is 0. The SMILES string of the molecule is CC(C)CC(NC(=O)C(C)N)C(=O)NC(CCCN=C(N)N)C(=O)NC(CC(=O)O)C(=O)O. The summed E-state index contributed by atoms with van der Waals surface area (Å²) in [6, 6.07) is -4.79. The van der Waals surface area contributed by atoms with Crippen LogP contribution in [-0.4, -0.2) is 76.5 Å². The van der Waals surface area contributed by atoms with Crippen LogP contribution in [0, 0.1) is 5.92 Å². The molecule has 0 aliphatic rings. The summed E-state index contributed by atoms with van der Waals surface area (Å²) in [7, 11) is 0. The second-order valence-electron chi connectivity index (χ2n) is 7.99. The third-order valence-electron chi connectivity index (χ3n) is 4.33. The molecule has 188 valence electrons. The van der Waals surface area contributed by atoms with E-state index in [1.54, 1.807) is 0 Å². The van der Waals surface area contributed by atoms with Gasteiger partial charge in [-0.25, -0.2) is 4.79 Å². The number of aliphatic carboxylic acids is 2. The zero-order valence-electron chi connectivity index (χ0n) is 19.0. The predicted octanol–water partition coefficient (Wildman–Crippen LogP) is -2.55. The molecular formula is C19H35N7O7. The van der Waals surface area contributed by atoms with Gasteiger partial charge in [0.15, 0.2) is 5.96 Å². The van der Waals surface area contributed by atoms with Crippen molar-refractivity contribution in [2.45, 2.75) is 70.6 Å². The van der Waals surface area contributed by atoms with Crippen LogP contribution < -0.4 is 33.2 Å². The van der Waals surface area contributed by atoms with E-state index in [4.69, 9.17) is 22.3 Å². The monoisotopic (exact) mass is 473 g/mol. The van der Waals surface area contributed by atoms with E-state index in [2.05, 4.69) is 20.9 Å². The fourth-order valence-corrected chi connectivity index (χ4v) is 2.70. The second-order valence-corrected chi connectivity index (χ2v) is 7.99. The maximum atomic E-state index is 12.9. The molecule has 33 heavy (non-hydrogen) atoms. The Morgan fingerprint density at radius 3 is 1.82 bits per heavy atom. The summed E-state index contributed by atoms with van der Waals surface area (Å²) in [5.41, 5.74) is 16.1. The summed E-state index contributed by atoms with van der Waals surface area (Å²) in [5, 5.41) is 25.2. The minimum absolute atomic E-state index is 0.00947. The molecule has 0 aromatic carbocycles. The van der Waals surface area contributed by atoms with Gasteiger partial charge >= 0.3 is 11.9 Å². The number of rotatable bonds is 15.